The van der Waals surface area contributed by atoms with Gasteiger partial charge in [-0.05, 0) is 37.3 Å². The summed E-state index contributed by atoms with van der Waals surface area (Å²) in [6.07, 6.45) is 1.58. The Morgan fingerprint density at radius 2 is 1.87 bits per heavy atom. The van der Waals surface area contributed by atoms with Crippen LogP contribution in [0.5, 0.6) is 0 Å². The molecule has 7 heteroatoms. The van der Waals surface area contributed by atoms with Gasteiger partial charge in [-0.2, -0.15) is 5.10 Å². The topological polar surface area (TPSA) is 77.6 Å². The highest BCUT2D eigenvalue weighted by molar-refractivity contribution is 6.06. The smallest absolute Gasteiger partial charge is 0.257 e. The quantitative estimate of drug-likeness (QED) is 0.498. The summed E-state index contributed by atoms with van der Waals surface area (Å²) in [6, 6.07) is 17.5. The number of carbonyl (C=O) groups is 1. The minimum atomic E-state index is -0.213. The third-order valence-corrected chi connectivity index (χ3v) is 5.29. The molecule has 0 saturated carbocycles. The van der Waals surface area contributed by atoms with Crippen molar-refractivity contribution in [1.29, 1.82) is 0 Å². The van der Waals surface area contributed by atoms with E-state index in [0.717, 1.165) is 39.1 Å². The van der Waals surface area contributed by atoms with Gasteiger partial charge in [-0.3, -0.25) is 9.48 Å². The second kappa shape index (κ2) is 6.81. The maximum atomic E-state index is 12.8. The van der Waals surface area contributed by atoms with E-state index in [4.69, 9.17) is 4.98 Å². The first-order valence-electron chi connectivity index (χ1n) is 9.64. The van der Waals surface area contributed by atoms with Crippen LogP contribution in [0.2, 0.25) is 0 Å². The van der Waals surface area contributed by atoms with Crippen molar-refractivity contribution in [2.45, 2.75) is 6.92 Å². The van der Waals surface area contributed by atoms with Crippen LogP contribution in [0, 0.1) is 6.92 Å². The number of hydrogen-bond donors (Lipinski definition) is 1. The number of pyridine rings is 1. The van der Waals surface area contributed by atoms with E-state index in [1.807, 2.05) is 75.6 Å². The van der Waals surface area contributed by atoms with E-state index in [1.54, 1.807) is 10.9 Å². The fourth-order valence-electron chi connectivity index (χ4n) is 3.78. The molecule has 0 spiro atoms. The Bertz CT molecular complexity index is 1430. The molecule has 0 aliphatic rings. The van der Waals surface area contributed by atoms with Gasteiger partial charge in [0.1, 0.15) is 5.82 Å². The summed E-state index contributed by atoms with van der Waals surface area (Å²) in [5.74, 6) is 0.635. The Balaban J connectivity index is 1.46. The lowest BCUT2D eigenvalue weighted by atomic mass is 10.1. The van der Waals surface area contributed by atoms with Crippen LogP contribution in [0.4, 0.5) is 5.69 Å². The maximum Gasteiger partial charge on any atom is 0.257 e. The van der Waals surface area contributed by atoms with E-state index in [-0.39, 0.29) is 5.91 Å². The highest BCUT2D eigenvalue weighted by atomic mass is 16.1. The largest absolute Gasteiger partial charge is 0.327 e. The second-order valence-corrected chi connectivity index (χ2v) is 7.32. The number of benzene rings is 2. The molecule has 0 aliphatic carbocycles. The van der Waals surface area contributed by atoms with Crippen molar-refractivity contribution in [3.63, 3.8) is 0 Å². The summed E-state index contributed by atoms with van der Waals surface area (Å²) >= 11 is 0. The van der Waals surface area contributed by atoms with E-state index in [0.29, 0.717) is 11.3 Å². The molecule has 1 N–H and O–H groups in total. The van der Waals surface area contributed by atoms with Crippen LogP contribution in [-0.2, 0) is 14.1 Å². The molecule has 0 aliphatic heterocycles. The zero-order valence-electron chi connectivity index (χ0n) is 16.9. The average Bonchev–Trinajstić information content (AvgIpc) is 3.24. The van der Waals surface area contributed by atoms with Gasteiger partial charge in [-0.15, -0.1) is 0 Å². The number of nitrogens with zero attached hydrogens (tertiary/aromatic N) is 5. The van der Waals surface area contributed by atoms with Crippen molar-refractivity contribution < 1.29 is 4.79 Å². The molecule has 0 fully saturated rings. The van der Waals surface area contributed by atoms with E-state index in [9.17, 15) is 4.79 Å². The van der Waals surface area contributed by atoms with Crippen LogP contribution in [0.15, 0.2) is 60.8 Å². The maximum absolute atomic E-state index is 12.8. The van der Waals surface area contributed by atoms with Gasteiger partial charge >= 0.3 is 0 Å². The zero-order valence-corrected chi connectivity index (χ0v) is 16.9. The van der Waals surface area contributed by atoms with Crippen molar-refractivity contribution in [1.82, 2.24) is 24.3 Å². The van der Waals surface area contributed by atoms with Crippen LogP contribution < -0.4 is 5.32 Å². The van der Waals surface area contributed by atoms with Crippen LogP contribution >= 0.6 is 0 Å². The van der Waals surface area contributed by atoms with E-state index >= 15 is 0 Å². The standard InChI is InChI=1S/C23H20N6O/c1-14-18-12-16(13-24-22(18)29(3)27-14)23(30)25-17-8-6-7-15(11-17)21-26-19-9-4-5-10-20(19)28(21)2/h4-13H,1-3H3,(H,25,30). The lowest BCUT2D eigenvalue weighted by Crippen LogP contribution is -2.12. The molecule has 1 amide bonds. The number of aryl methyl sites for hydroxylation is 3. The van der Waals surface area contributed by atoms with Crippen molar-refractivity contribution >= 4 is 33.7 Å². The van der Waals surface area contributed by atoms with Crippen molar-refractivity contribution in [2.75, 3.05) is 5.32 Å². The predicted octanol–water partition coefficient (Wildman–Crippen LogP) is 4.08. The number of hydrogen-bond acceptors (Lipinski definition) is 4. The molecule has 0 radical (unpaired) electrons. The first-order chi connectivity index (χ1) is 14.5. The highest BCUT2D eigenvalue weighted by Gasteiger charge is 2.14. The first kappa shape index (κ1) is 18.1. The lowest BCUT2D eigenvalue weighted by Gasteiger charge is -2.08. The fraction of sp³-hybridized carbons (Fsp3) is 0.130. The van der Waals surface area contributed by atoms with Crippen molar-refractivity contribution in [3.05, 3.63) is 72.1 Å². The van der Waals surface area contributed by atoms with Crippen LogP contribution in [0.25, 0.3) is 33.5 Å². The van der Waals surface area contributed by atoms with E-state index in [2.05, 4.69) is 20.0 Å². The predicted molar refractivity (Wildman–Crippen MR) is 117 cm³/mol. The van der Waals surface area contributed by atoms with E-state index < -0.39 is 0 Å². The van der Waals surface area contributed by atoms with Gasteiger partial charge in [0.2, 0.25) is 0 Å². The van der Waals surface area contributed by atoms with E-state index in [1.165, 1.54) is 0 Å². The van der Waals surface area contributed by atoms with Gasteiger partial charge in [0.05, 0.1) is 22.3 Å². The molecule has 30 heavy (non-hydrogen) atoms. The van der Waals surface area contributed by atoms with Gasteiger partial charge in [0.15, 0.2) is 5.65 Å². The molecule has 5 rings (SSSR count). The molecule has 3 heterocycles. The minimum absolute atomic E-state index is 0.213. The van der Waals surface area contributed by atoms with Gasteiger partial charge in [-0.25, -0.2) is 9.97 Å². The molecule has 0 unspecified atom stereocenters. The Kier molecular flexibility index (Phi) is 4.10. The Morgan fingerprint density at radius 3 is 2.70 bits per heavy atom. The number of nitrogens with one attached hydrogen (secondary N) is 1. The van der Waals surface area contributed by atoms with Crippen LogP contribution in [0.1, 0.15) is 16.1 Å². The average molecular weight is 396 g/mol. The van der Waals surface area contributed by atoms with Gasteiger partial charge < -0.3 is 9.88 Å². The SMILES string of the molecule is Cc1nn(C)c2ncc(C(=O)Nc3cccc(-c4nc5ccccc5n4C)c3)cc12. The summed E-state index contributed by atoms with van der Waals surface area (Å²) in [4.78, 5) is 22.0. The molecular weight excluding hydrogens is 376 g/mol. The molecule has 5 aromatic rings. The summed E-state index contributed by atoms with van der Waals surface area (Å²) in [5.41, 5.74) is 5.73. The molecule has 0 atom stereocenters. The molecule has 3 aromatic heterocycles. The van der Waals surface area contributed by atoms with Gasteiger partial charge in [0.25, 0.3) is 5.91 Å². The van der Waals surface area contributed by atoms with Crippen molar-refractivity contribution in [3.8, 4) is 11.4 Å². The Hall–Kier alpha value is -4.00. The third-order valence-electron chi connectivity index (χ3n) is 5.29. The first-order valence-corrected chi connectivity index (χ1v) is 9.64. The molecule has 148 valence electrons. The summed E-state index contributed by atoms with van der Waals surface area (Å²) < 4.78 is 3.77. The third kappa shape index (κ3) is 2.91. The molecule has 0 saturated heterocycles. The van der Waals surface area contributed by atoms with Gasteiger partial charge in [-0.1, -0.05) is 24.3 Å². The monoisotopic (exact) mass is 396 g/mol. The summed E-state index contributed by atoms with van der Waals surface area (Å²) in [7, 11) is 3.83. The number of fused-ring (bicyclic) bond motifs is 2. The number of aromatic nitrogens is 5. The zero-order chi connectivity index (χ0) is 20.8. The Morgan fingerprint density at radius 1 is 1.03 bits per heavy atom. The molecule has 7 nitrogen and oxygen atoms in total. The number of imidazole rings is 1. The number of amides is 1. The fourth-order valence-corrected chi connectivity index (χ4v) is 3.78. The second-order valence-electron chi connectivity index (χ2n) is 7.32. The van der Waals surface area contributed by atoms with Gasteiger partial charge in [0, 0.05) is 36.9 Å². The highest BCUT2D eigenvalue weighted by Crippen LogP contribution is 2.26. The lowest BCUT2D eigenvalue weighted by molar-refractivity contribution is 0.102. The normalized spacial score (nSPS) is 11.3. The molecule has 2 aromatic carbocycles. The summed E-state index contributed by atoms with van der Waals surface area (Å²) in [6.45, 7) is 1.91. The molecule has 0 bridgehead atoms. The number of rotatable bonds is 3. The van der Waals surface area contributed by atoms with Crippen molar-refractivity contribution in [2.24, 2.45) is 14.1 Å². The number of para-hydroxylation sites is 2. The Labute approximate surface area is 173 Å². The minimum Gasteiger partial charge on any atom is -0.327 e. The van der Waals surface area contributed by atoms with Crippen LogP contribution in [-0.4, -0.2) is 30.2 Å². The summed E-state index contributed by atoms with van der Waals surface area (Å²) in [5, 5.41) is 8.20. The number of carbonyl (C=O) groups excluding carboxylic acids is 1. The number of anilines is 1. The van der Waals surface area contributed by atoms with Crippen LogP contribution in [0.3, 0.4) is 0 Å². The molecular formula is C23H20N6O.